The summed E-state index contributed by atoms with van der Waals surface area (Å²) in [6.45, 7) is 2.17. The van der Waals surface area contributed by atoms with E-state index >= 15 is 0 Å². The lowest BCUT2D eigenvalue weighted by Gasteiger charge is -2.41. The average Bonchev–Trinajstić information content (AvgIpc) is 3.42. The van der Waals surface area contributed by atoms with Gasteiger partial charge in [-0.2, -0.15) is 0 Å². The number of aromatic nitrogens is 2. The third kappa shape index (κ3) is 3.66. The Morgan fingerprint density at radius 2 is 1.83 bits per heavy atom. The van der Waals surface area contributed by atoms with Crippen molar-refractivity contribution in [3.05, 3.63) is 18.1 Å². The molecule has 2 aliphatic carbocycles. The van der Waals surface area contributed by atoms with Gasteiger partial charge in [-0.1, -0.05) is 12.8 Å². The van der Waals surface area contributed by atoms with Crippen LogP contribution in [0.15, 0.2) is 12.3 Å². The fraction of sp³-hybridized carbons (Fsp3) is 0.778. The zero-order valence-electron chi connectivity index (χ0n) is 13.8. The molecule has 23 heavy (non-hydrogen) atoms. The van der Waals surface area contributed by atoms with Gasteiger partial charge in [0, 0.05) is 37.3 Å². The van der Waals surface area contributed by atoms with Crippen LogP contribution in [0, 0.1) is 0 Å². The quantitative estimate of drug-likeness (QED) is 0.894. The monoisotopic (exact) mass is 316 g/mol. The molecule has 5 heteroatoms. The maximum absolute atomic E-state index is 10.2. The first-order valence-corrected chi connectivity index (χ1v) is 9.31. The van der Waals surface area contributed by atoms with E-state index < -0.39 is 0 Å². The van der Waals surface area contributed by atoms with Crippen LogP contribution in [-0.4, -0.2) is 51.3 Å². The maximum atomic E-state index is 10.2. The summed E-state index contributed by atoms with van der Waals surface area (Å²) in [6.07, 6.45) is 11.1. The highest BCUT2D eigenvalue weighted by Gasteiger charge is 2.31. The third-order valence-electron chi connectivity index (χ3n) is 5.66. The normalized spacial score (nSPS) is 30.3. The van der Waals surface area contributed by atoms with Crippen molar-refractivity contribution in [3.8, 4) is 0 Å². The van der Waals surface area contributed by atoms with Crippen LogP contribution in [0.25, 0.3) is 0 Å². The molecule has 5 nitrogen and oxygen atoms in total. The number of hydrogen-bond acceptors (Lipinski definition) is 5. The minimum absolute atomic E-state index is 0.115. The van der Waals surface area contributed by atoms with Crippen LogP contribution in [0.2, 0.25) is 0 Å². The number of aliphatic hydroxyl groups excluding tert-OH is 1. The van der Waals surface area contributed by atoms with Crippen LogP contribution in [0.3, 0.4) is 0 Å². The predicted molar refractivity (Wildman–Crippen MR) is 90.5 cm³/mol. The highest BCUT2D eigenvalue weighted by atomic mass is 16.3. The molecule has 1 saturated heterocycles. The average molecular weight is 316 g/mol. The van der Waals surface area contributed by atoms with Gasteiger partial charge < -0.3 is 10.4 Å². The molecule has 0 spiro atoms. The highest BCUT2D eigenvalue weighted by molar-refractivity contribution is 5.35. The van der Waals surface area contributed by atoms with Gasteiger partial charge in [0.1, 0.15) is 11.6 Å². The lowest BCUT2D eigenvalue weighted by molar-refractivity contribution is 0.00992. The molecule has 2 unspecified atom stereocenters. The molecular weight excluding hydrogens is 288 g/mol. The summed E-state index contributed by atoms with van der Waals surface area (Å²) in [4.78, 5) is 11.6. The summed E-state index contributed by atoms with van der Waals surface area (Å²) in [5, 5.41) is 13.8. The predicted octanol–water partition coefficient (Wildman–Crippen LogP) is 2.53. The number of aliphatic hydroxyl groups is 1. The molecule has 2 saturated carbocycles. The molecule has 0 bridgehead atoms. The fourth-order valence-electron chi connectivity index (χ4n) is 4.09. The van der Waals surface area contributed by atoms with E-state index in [-0.39, 0.29) is 6.10 Å². The Kier molecular flexibility index (Phi) is 4.49. The summed E-state index contributed by atoms with van der Waals surface area (Å²) in [5.74, 6) is 2.60. The van der Waals surface area contributed by atoms with Gasteiger partial charge in [-0.05, 0) is 44.6 Å². The van der Waals surface area contributed by atoms with Gasteiger partial charge in [0.2, 0.25) is 0 Å². The van der Waals surface area contributed by atoms with Gasteiger partial charge in [-0.15, -0.1) is 0 Å². The molecule has 1 aliphatic heterocycles. The Morgan fingerprint density at radius 1 is 1.04 bits per heavy atom. The number of piperidine rings is 1. The minimum Gasteiger partial charge on any atom is -0.391 e. The Morgan fingerprint density at radius 3 is 2.57 bits per heavy atom. The smallest absolute Gasteiger partial charge is 0.133 e. The van der Waals surface area contributed by atoms with E-state index in [1.807, 2.05) is 12.3 Å². The SMILES string of the molecule is OC1CCCCC1N1CCC(Nc2ccnc(C3CC3)n2)CC1. The molecule has 2 atom stereocenters. The Balaban J connectivity index is 1.30. The summed E-state index contributed by atoms with van der Waals surface area (Å²) in [5.41, 5.74) is 0. The van der Waals surface area contributed by atoms with E-state index in [0.717, 1.165) is 50.4 Å². The van der Waals surface area contributed by atoms with Gasteiger partial charge >= 0.3 is 0 Å². The second-order valence-electron chi connectivity index (χ2n) is 7.45. The van der Waals surface area contributed by atoms with Crippen molar-refractivity contribution >= 4 is 5.82 Å². The number of likely N-dealkylation sites (tertiary alicyclic amines) is 1. The largest absolute Gasteiger partial charge is 0.391 e. The second-order valence-corrected chi connectivity index (χ2v) is 7.45. The first-order chi connectivity index (χ1) is 11.3. The van der Waals surface area contributed by atoms with E-state index in [4.69, 9.17) is 0 Å². The van der Waals surface area contributed by atoms with E-state index in [2.05, 4.69) is 20.2 Å². The van der Waals surface area contributed by atoms with E-state index in [0.29, 0.717) is 18.0 Å². The van der Waals surface area contributed by atoms with Crippen LogP contribution >= 0.6 is 0 Å². The molecule has 126 valence electrons. The number of anilines is 1. The molecule has 3 fully saturated rings. The lowest BCUT2D eigenvalue weighted by atomic mass is 9.89. The van der Waals surface area contributed by atoms with Crippen molar-refractivity contribution in [2.45, 2.75) is 75.5 Å². The van der Waals surface area contributed by atoms with Gasteiger partial charge in [-0.25, -0.2) is 9.97 Å². The van der Waals surface area contributed by atoms with Crippen LogP contribution in [0.1, 0.15) is 63.1 Å². The molecule has 1 aromatic rings. The number of rotatable bonds is 4. The molecule has 2 N–H and O–H groups in total. The third-order valence-corrected chi connectivity index (χ3v) is 5.66. The Bertz CT molecular complexity index is 526. The van der Waals surface area contributed by atoms with Gasteiger partial charge in [0.15, 0.2) is 0 Å². The molecule has 0 amide bonds. The van der Waals surface area contributed by atoms with E-state index in [1.54, 1.807) is 0 Å². The second kappa shape index (κ2) is 6.73. The molecule has 4 rings (SSSR count). The summed E-state index contributed by atoms with van der Waals surface area (Å²) in [7, 11) is 0. The molecule has 1 aromatic heterocycles. The van der Waals surface area contributed by atoms with Crippen LogP contribution in [-0.2, 0) is 0 Å². The van der Waals surface area contributed by atoms with Crippen molar-refractivity contribution in [2.75, 3.05) is 18.4 Å². The standard InChI is InChI=1S/C18H28N4O/c23-16-4-2-1-3-15(16)22-11-8-14(9-12-22)20-17-7-10-19-18(21-17)13-5-6-13/h7,10,13-16,23H,1-6,8-9,11-12H2,(H,19,20,21). The van der Waals surface area contributed by atoms with Crippen molar-refractivity contribution in [1.82, 2.24) is 14.9 Å². The van der Waals surface area contributed by atoms with Gasteiger partial charge in [-0.3, -0.25) is 4.90 Å². The van der Waals surface area contributed by atoms with Gasteiger partial charge in [0.05, 0.1) is 6.10 Å². The zero-order chi connectivity index (χ0) is 15.6. The number of nitrogens with zero attached hydrogens (tertiary/aromatic N) is 3. The van der Waals surface area contributed by atoms with E-state index in [9.17, 15) is 5.11 Å². The summed E-state index contributed by atoms with van der Waals surface area (Å²) < 4.78 is 0. The summed E-state index contributed by atoms with van der Waals surface area (Å²) in [6, 6.07) is 2.88. The van der Waals surface area contributed by atoms with Crippen molar-refractivity contribution in [1.29, 1.82) is 0 Å². The topological polar surface area (TPSA) is 61.3 Å². The highest BCUT2D eigenvalue weighted by Crippen LogP contribution is 2.38. The maximum Gasteiger partial charge on any atom is 0.133 e. The first-order valence-electron chi connectivity index (χ1n) is 9.31. The van der Waals surface area contributed by atoms with Gasteiger partial charge in [0.25, 0.3) is 0 Å². The fourth-order valence-corrected chi connectivity index (χ4v) is 4.09. The van der Waals surface area contributed by atoms with Crippen LogP contribution < -0.4 is 5.32 Å². The molecule has 2 heterocycles. The molecule has 0 aromatic carbocycles. The zero-order valence-corrected chi connectivity index (χ0v) is 13.8. The van der Waals surface area contributed by atoms with Crippen LogP contribution in [0.4, 0.5) is 5.82 Å². The molecule has 0 radical (unpaired) electrons. The lowest BCUT2D eigenvalue weighted by Crippen LogP contribution is -2.50. The molecule has 3 aliphatic rings. The molecular formula is C18H28N4O. The van der Waals surface area contributed by atoms with Crippen molar-refractivity contribution in [3.63, 3.8) is 0 Å². The Labute approximate surface area is 138 Å². The number of nitrogens with one attached hydrogen (secondary N) is 1. The summed E-state index contributed by atoms with van der Waals surface area (Å²) >= 11 is 0. The first kappa shape index (κ1) is 15.3. The minimum atomic E-state index is -0.115. The number of hydrogen-bond donors (Lipinski definition) is 2. The van der Waals surface area contributed by atoms with Crippen molar-refractivity contribution < 1.29 is 5.11 Å². The Hall–Kier alpha value is -1.20. The van der Waals surface area contributed by atoms with Crippen LogP contribution in [0.5, 0.6) is 0 Å². The van der Waals surface area contributed by atoms with E-state index in [1.165, 1.54) is 25.7 Å². The van der Waals surface area contributed by atoms with Crippen molar-refractivity contribution in [2.24, 2.45) is 0 Å².